The van der Waals surface area contributed by atoms with Gasteiger partial charge in [0.25, 0.3) is 5.91 Å². The molecule has 0 aromatic heterocycles. The van der Waals surface area contributed by atoms with E-state index in [1.165, 1.54) is 0 Å². The third-order valence-electron chi connectivity index (χ3n) is 3.32. The molecule has 0 aliphatic carbocycles. The van der Waals surface area contributed by atoms with Crippen LogP contribution in [0, 0.1) is 17.5 Å². The normalized spacial score (nSPS) is 16.0. The zero-order valence-electron chi connectivity index (χ0n) is 11.5. The first-order valence-corrected chi connectivity index (χ1v) is 6.81. The summed E-state index contributed by atoms with van der Waals surface area (Å²) < 4.78 is 44.4. The van der Waals surface area contributed by atoms with Gasteiger partial charge in [-0.2, -0.15) is 0 Å². The summed E-state index contributed by atoms with van der Waals surface area (Å²) in [7, 11) is 0. The molecule has 2 rings (SSSR count). The Kier molecular flexibility index (Phi) is 5.58. The van der Waals surface area contributed by atoms with Gasteiger partial charge in [0.1, 0.15) is 0 Å². The number of morpholine rings is 1. The van der Waals surface area contributed by atoms with Crippen molar-refractivity contribution < 1.29 is 22.7 Å². The number of nitrogens with zero attached hydrogens (tertiary/aromatic N) is 1. The predicted octanol–water partition coefficient (Wildman–Crippen LogP) is 1.56. The van der Waals surface area contributed by atoms with Crippen LogP contribution in [0.2, 0.25) is 0 Å². The molecule has 1 aromatic carbocycles. The fourth-order valence-corrected chi connectivity index (χ4v) is 2.13. The molecule has 1 fully saturated rings. The molecule has 0 radical (unpaired) electrons. The van der Waals surface area contributed by atoms with E-state index in [0.717, 1.165) is 31.8 Å². The van der Waals surface area contributed by atoms with Gasteiger partial charge in [-0.25, -0.2) is 13.2 Å². The number of halogens is 3. The molecule has 1 amide bonds. The summed E-state index contributed by atoms with van der Waals surface area (Å²) in [4.78, 5) is 13.9. The summed E-state index contributed by atoms with van der Waals surface area (Å²) in [5.41, 5.74) is -0.486. The molecular formula is C14H17F3N2O2. The van der Waals surface area contributed by atoms with Gasteiger partial charge in [0, 0.05) is 19.6 Å². The Morgan fingerprint density at radius 1 is 1.19 bits per heavy atom. The van der Waals surface area contributed by atoms with Crippen LogP contribution in [-0.2, 0) is 4.74 Å². The van der Waals surface area contributed by atoms with Gasteiger partial charge in [-0.05, 0) is 25.1 Å². The Balaban J connectivity index is 1.78. The molecule has 4 nitrogen and oxygen atoms in total. The summed E-state index contributed by atoms with van der Waals surface area (Å²) in [6.07, 6.45) is 0.692. The second-order valence-corrected chi connectivity index (χ2v) is 4.79. The van der Waals surface area contributed by atoms with E-state index in [1.807, 2.05) is 0 Å². The Morgan fingerprint density at radius 2 is 1.90 bits per heavy atom. The van der Waals surface area contributed by atoms with Crippen LogP contribution >= 0.6 is 0 Å². The predicted molar refractivity (Wildman–Crippen MR) is 70.5 cm³/mol. The number of carbonyl (C=O) groups excluding carboxylic acids is 1. The van der Waals surface area contributed by atoms with Gasteiger partial charge in [-0.15, -0.1) is 0 Å². The highest BCUT2D eigenvalue weighted by molar-refractivity contribution is 5.94. The monoisotopic (exact) mass is 302 g/mol. The maximum atomic E-state index is 13.4. The molecule has 0 atom stereocenters. The third kappa shape index (κ3) is 4.18. The van der Waals surface area contributed by atoms with Crippen LogP contribution in [0.5, 0.6) is 0 Å². The molecule has 1 N–H and O–H groups in total. The molecule has 1 aliphatic rings. The fraction of sp³-hybridized carbons (Fsp3) is 0.500. The van der Waals surface area contributed by atoms with Crippen molar-refractivity contribution in [3.63, 3.8) is 0 Å². The summed E-state index contributed by atoms with van der Waals surface area (Å²) >= 11 is 0. The summed E-state index contributed by atoms with van der Waals surface area (Å²) in [5, 5.41) is 2.50. The van der Waals surface area contributed by atoms with Crippen LogP contribution in [0.1, 0.15) is 16.8 Å². The van der Waals surface area contributed by atoms with Crippen molar-refractivity contribution in [1.29, 1.82) is 0 Å². The number of benzene rings is 1. The van der Waals surface area contributed by atoms with Gasteiger partial charge in [-0.1, -0.05) is 0 Å². The van der Waals surface area contributed by atoms with Crippen molar-refractivity contribution in [2.45, 2.75) is 6.42 Å². The van der Waals surface area contributed by atoms with E-state index in [9.17, 15) is 18.0 Å². The number of ether oxygens (including phenoxy) is 1. The van der Waals surface area contributed by atoms with Crippen molar-refractivity contribution >= 4 is 5.91 Å². The molecule has 0 saturated carbocycles. The molecule has 0 unspecified atom stereocenters. The van der Waals surface area contributed by atoms with Gasteiger partial charge in [0.15, 0.2) is 17.5 Å². The molecule has 1 aromatic rings. The van der Waals surface area contributed by atoms with Gasteiger partial charge >= 0.3 is 0 Å². The van der Waals surface area contributed by atoms with Crippen molar-refractivity contribution in [2.24, 2.45) is 0 Å². The van der Waals surface area contributed by atoms with E-state index in [0.29, 0.717) is 26.2 Å². The minimum Gasteiger partial charge on any atom is -0.379 e. The summed E-state index contributed by atoms with van der Waals surface area (Å²) in [6.45, 7) is 4.24. The molecule has 116 valence electrons. The minimum absolute atomic E-state index is 0.342. The number of rotatable bonds is 5. The molecule has 7 heteroatoms. The quantitative estimate of drug-likeness (QED) is 0.663. The standard InChI is InChI=1S/C14H17F3N2O2/c15-11-3-2-10(12(16)13(11)17)14(20)18-4-1-5-19-6-8-21-9-7-19/h2-3H,1,4-9H2,(H,18,20). The molecule has 1 saturated heterocycles. The van der Waals surface area contributed by atoms with Gasteiger partial charge < -0.3 is 10.1 Å². The Bertz CT molecular complexity index is 505. The molecule has 1 heterocycles. The lowest BCUT2D eigenvalue weighted by Gasteiger charge is -2.26. The molecular weight excluding hydrogens is 285 g/mol. The lowest BCUT2D eigenvalue weighted by Crippen LogP contribution is -2.38. The highest BCUT2D eigenvalue weighted by atomic mass is 19.2. The molecule has 0 bridgehead atoms. The van der Waals surface area contributed by atoms with Crippen LogP contribution < -0.4 is 5.32 Å². The van der Waals surface area contributed by atoms with Crippen LogP contribution in [0.3, 0.4) is 0 Å². The van der Waals surface area contributed by atoms with Crippen molar-refractivity contribution in [1.82, 2.24) is 10.2 Å². The second kappa shape index (κ2) is 7.42. The van der Waals surface area contributed by atoms with E-state index in [2.05, 4.69) is 10.2 Å². The van der Waals surface area contributed by atoms with E-state index in [1.54, 1.807) is 0 Å². The highest BCUT2D eigenvalue weighted by Crippen LogP contribution is 2.14. The van der Waals surface area contributed by atoms with Gasteiger partial charge in [0.05, 0.1) is 18.8 Å². The Labute approximate surface area is 120 Å². The average Bonchev–Trinajstić information content (AvgIpc) is 2.50. The minimum atomic E-state index is -1.63. The first kappa shape index (κ1) is 15.8. The average molecular weight is 302 g/mol. The van der Waals surface area contributed by atoms with E-state index in [-0.39, 0.29) is 0 Å². The number of hydrogen-bond acceptors (Lipinski definition) is 3. The topological polar surface area (TPSA) is 41.6 Å². The summed E-state index contributed by atoms with van der Waals surface area (Å²) in [6, 6.07) is 1.67. The van der Waals surface area contributed by atoms with Crippen molar-refractivity contribution in [3.05, 3.63) is 35.1 Å². The summed E-state index contributed by atoms with van der Waals surface area (Å²) in [5.74, 6) is -5.14. The zero-order chi connectivity index (χ0) is 15.2. The maximum Gasteiger partial charge on any atom is 0.254 e. The maximum absolute atomic E-state index is 13.4. The molecule has 1 aliphatic heterocycles. The number of amides is 1. The first-order valence-electron chi connectivity index (χ1n) is 6.81. The highest BCUT2D eigenvalue weighted by Gasteiger charge is 2.18. The third-order valence-corrected chi connectivity index (χ3v) is 3.32. The smallest absolute Gasteiger partial charge is 0.254 e. The number of nitrogens with one attached hydrogen (secondary N) is 1. The van der Waals surface area contributed by atoms with Crippen LogP contribution in [-0.4, -0.2) is 50.2 Å². The number of carbonyl (C=O) groups is 1. The van der Waals surface area contributed by atoms with Crippen LogP contribution in [0.15, 0.2) is 12.1 Å². The first-order chi connectivity index (χ1) is 10.1. The SMILES string of the molecule is O=C(NCCCN1CCOCC1)c1ccc(F)c(F)c1F. The van der Waals surface area contributed by atoms with E-state index in [4.69, 9.17) is 4.74 Å². The van der Waals surface area contributed by atoms with Crippen LogP contribution in [0.25, 0.3) is 0 Å². The Hall–Kier alpha value is -1.60. The molecule has 0 spiro atoms. The zero-order valence-corrected chi connectivity index (χ0v) is 11.5. The molecule has 21 heavy (non-hydrogen) atoms. The van der Waals surface area contributed by atoms with Crippen molar-refractivity contribution in [2.75, 3.05) is 39.4 Å². The fourth-order valence-electron chi connectivity index (χ4n) is 2.13. The van der Waals surface area contributed by atoms with Crippen molar-refractivity contribution in [3.8, 4) is 0 Å². The largest absolute Gasteiger partial charge is 0.379 e. The van der Waals surface area contributed by atoms with Gasteiger partial charge in [0.2, 0.25) is 0 Å². The second-order valence-electron chi connectivity index (χ2n) is 4.79. The lowest BCUT2D eigenvalue weighted by atomic mass is 10.2. The van der Waals surface area contributed by atoms with E-state index < -0.39 is 28.9 Å². The lowest BCUT2D eigenvalue weighted by molar-refractivity contribution is 0.0374. The van der Waals surface area contributed by atoms with E-state index >= 15 is 0 Å². The Morgan fingerprint density at radius 3 is 2.62 bits per heavy atom. The van der Waals surface area contributed by atoms with Crippen LogP contribution in [0.4, 0.5) is 13.2 Å². The van der Waals surface area contributed by atoms with Gasteiger partial charge in [-0.3, -0.25) is 9.69 Å². The number of hydrogen-bond donors (Lipinski definition) is 1.